The molecule has 144 valence electrons. The lowest BCUT2D eigenvalue weighted by molar-refractivity contribution is -0.384. The van der Waals surface area contributed by atoms with Gasteiger partial charge in [-0.3, -0.25) is 19.6 Å². The van der Waals surface area contributed by atoms with Crippen molar-refractivity contribution in [2.75, 3.05) is 5.32 Å². The van der Waals surface area contributed by atoms with E-state index in [0.717, 1.165) is 5.56 Å². The van der Waals surface area contributed by atoms with Crippen molar-refractivity contribution in [2.24, 2.45) is 0 Å². The van der Waals surface area contributed by atoms with Crippen LogP contribution in [0.5, 0.6) is 11.5 Å². The number of anilines is 1. The molecule has 8 nitrogen and oxygen atoms in total. The number of rotatable bonds is 7. The predicted octanol–water partition coefficient (Wildman–Crippen LogP) is 4.57. The molecule has 28 heavy (non-hydrogen) atoms. The number of aromatic nitrogens is 2. The van der Waals surface area contributed by atoms with Gasteiger partial charge < -0.3 is 10.1 Å². The predicted molar refractivity (Wildman–Crippen MR) is 105 cm³/mol. The van der Waals surface area contributed by atoms with Crippen LogP contribution in [-0.4, -0.2) is 20.6 Å². The molecule has 0 aliphatic heterocycles. The Balaban J connectivity index is 1.72. The Labute approximate surface area is 165 Å². The van der Waals surface area contributed by atoms with Gasteiger partial charge in [0.1, 0.15) is 11.5 Å². The molecule has 3 aromatic rings. The van der Waals surface area contributed by atoms with Crippen molar-refractivity contribution < 1.29 is 14.5 Å². The summed E-state index contributed by atoms with van der Waals surface area (Å²) >= 11 is 5.84. The summed E-state index contributed by atoms with van der Waals surface area (Å²) in [6.07, 6.45) is 3.72. The van der Waals surface area contributed by atoms with Gasteiger partial charge in [0, 0.05) is 36.3 Å². The lowest BCUT2D eigenvalue weighted by atomic mass is 10.2. The lowest BCUT2D eigenvalue weighted by Crippen LogP contribution is -2.14. The summed E-state index contributed by atoms with van der Waals surface area (Å²) in [5, 5.41) is 18.5. The Morgan fingerprint density at radius 3 is 2.64 bits per heavy atom. The maximum Gasteiger partial charge on any atom is 0.275 e. The molecule has 1 amide bonds. The molecule has 0 atom stereocenters. The van der Waals surface area contributed by atoms with Gasteiger partial charge in [-0.15, -0.1) is 0 Å². The number of hydrogen-bond acceptors (Lipinski definition) is 5. The van der Waals surface area contributed by atoms with Gasteiger partial charge in [-0.25, -0.2) is 0 Å². The zero-order valence-corrected chi connectivity index (χ0v) is 15.7. The van der Waals surface area contributed by atoms with Gasteiger partial charge in [-0.05, 0) is 36.8 Å². The fourth-order valence-corrected chi connectivity index (χ4v) is 2.61. The molecule has 0 aliphatic rings. The Morgan fingerprint density at radius 1 is 1.25 bits per heavy atom. The van der Waals surface area contributed by atoms with E-state index in [2.05, 4.69) is 10.4 Å². The largest absolute Gasteiger partial charge is 0.457 e. The van der Waals surface area contributed by atoms with Gasteiger partial charge >= 0.3 is 0 Å². The Kier molecular flexibility index (Phi) is 5.90. The van der Waals surface area contributed by atoms with Crippen LogP contribution < -0.4 is 10.1 Å². The van der Waals surface area contributed by atoms with Crippen LogP contribution in [0.2, 0.25) is 5.02 Å². The molecule has 0 unspecified atom stereocenters. The molecular weight excluding hydrogens is 384 g/mol. The molecule has 0 fully saturated rings. The van der Waals surface area contributed by atoms with Crippen LogP contribution in [0, 0.1) is 17.0 Å². The monoisotopic (exact) mass is 400 g/mol. The highest BCUT2D eigenvalue weighted by molar-refractivity contribution is 6.30. The van der Waals surface area contributed by atoms with E-state index < -0.39 is 4.92 Å². The summed E-state index contributed by atoms with van der Waals surface area (Å²) in [6.45, 7) is 2.32. The number of nitrogens with one attached hydrogen (secondary N) is 1. The fraction of sp³-hybridized carbons (Fsp3) is 0.158. The van der Waals surface area contributed by atoms with Gasteiger partial charge in [-0.1, -0.05) is 11.6 Å². The molecule has 1 aromatic heterocycles. The second kappa shape index (κ2) is 8.53. The molecule has 0 aliphatic carbocycles. The summed E-state index contributed by atoms with van der Waals surface area (Å²) < 4.78 is 7.31. The second-order valence-electron chi connectivity index (χ2n) is 6.11. The van der Waals surface area contributed by atoms with Crippen LogP contribution in [0.15, 0.2) is 54.9 Å². The quantitative estimate of drug-likeness (QED) is 0.462. The van der Waals surface area contributed by atoms with E-state index in [4.69, 9.17) is 16.3 Å². The number of ether oxygens (including phenoxy) is 1. The third-order valence-electron chi connectivity index (χ3n) is 3.77. The molecular formula is C19H17ClN4O4. The van der Waals surface area contributed by atoms with E-state index >= 15 is 0 Å². The topological polar surface area (TPSA) is 99.3 Å². The van der Waals surface area contributed by atoms with E-state index in [1.165, 1.54) is 18.2 Å². The molecule has 1 N–H and O–H groups in total. The number of amides is 1. The van der Waals surface area contributed by atoms with E-state index in [1.807, 2.05) is 13.1 Å². The van der Waals surface area contributed by atoms with Gasteiger partial charge in [0.05, 0.1) is 22.9 Å². The minimum Gasteiger partial charge on any atom is -0.457 e. The van der Waals surface area contributed by atoms with E-state index in [9.17, 15) is 14.9 Å². The Bertz CT molecular complexity index is 1000. The van der Waals surface area contributed by atoms with Gasteiger partial charge in [0.25, 0.3) is 5.69 Å². The van der Waals surface area contributed by atoms with Gasteiger partial charge in [-0.2, -0.15) is 5.10 Å². The van der Waals surface area contributed by atoms with Crippen molar-refractivity contribution in [3.05, 3.63) is 75.6 Å². The summed E-state index contributed by atoms with van der Waals surface area (Å²) in [4.78, 5) is 22.9. The van der Waals surface area contributed by atoms with Crippen molar-refractivity contribution >= 4 is 28.9 Å². The average molecular weight is 401 g/mol. The van der Waals surface area contributed by atoms with Crippen molar-refractivity contribution in [1.29, 1.82) is 0 Å². The number of nitro benzene ring substituents is 1. The second-order valence-corrected chi connectivity index (χ2v) is 6.54. The standard InChI is InChI=1S/C19H17ClN4O4/c1-13-11-21-23(12-13)7-6-19(25)22-15-8-16(24(26)27)10-18(9-15)28-17-4-2-14(20)3-5-17/h2-5,8-12H,6-7H2,1H3,(H,22,25). The van der Waals surface area contributed by atoms with Crippen LogP contribution in [0.1, 0.15) is 12.0 Å². The van der Waals surface area contributed by atoms with Crippen molar-refractivity contribution in [3.8, 4) is 11.5 Å². The molecule has 0 saturated carbocycles. The zero-order chi connectivity index (χ0) is 20.1. The summed E-state index contributed by atoms with van der Waals surface area (Å²) in [6, 6.07) is 10.7. The first-order valence-electron chi connectivity index (χ1n) is 8.41. The smallest absolute Gasteiger partial charge is 0.275 e. The molecule has 2 aromatic carbocycles. The number of carbonyl (C=O) groups excluding carboxylic acids is 1. The maximum absolute atomic E-state index is 12.2. The summed E-state index contributed by atoms with van der Waals surface area (Å²) in [7, 11) is 0. The molecule has 3 rings (SSSR count). The number of aryl methyl sites for hydroxylation is 2. The SMILES string of the molecule is Cc1cnn(CCC(=O)Nc2cc(Oc3ccc(Cl)cc3)cc([N+](=O)[O-])c2)c1. The number of nitro groups is 1. The van der Waals surface area contributed by atoms with Gasteiger partial charge in [0.15, 0.2) is 0 Å². The highest BCUT2D eigenvalue weighted by Gasteiger charge is 2.13. The van der Waals surface area contributed by atoms with E-state index in [-0.39, 0.29) is 29.5 Å². The highest BCUT2D eigenvalue weighted by Crippen LogP contribution is 2.30. The van der Waals surface area contributed by atoms with Crippen LogP contribution in [0.3, 0.4) is 0 Å². The maximum atomic E-state index is 12.2. The highest BCUT2D eigenvalue weighted by atomic mass is 35.5. The van der Waals surface area contributed by atoms with Crippen LogP contribution >= 0.6 is 11.6 Å². The molecule has 0 bridgehead atoms. The molecule has 9 heteroatoms. The first kappa shape index (κ1) is 19.4. The number of non-ortho nitro benzene ring substituents is 1. The first-order chi connectivity index (χ1) is 13.4. The zero-order valence-electron chi connectivity index (χ0n) is 15.0. The molecule has 0 radical (unpaired) electrons. The third kappa shape index (κ3) is 5.31. The van der Waals surface area contributed by atoms with Crippen molar-refractivity contribution in [3.63, 3.8) is 0 Å². The molecule has 1 heterocycles. The Morgan fingerprint density at radius 2 is 2.00 bits per heavy atom. The van der Waals surface area contributed by atoms with E-state index in [1.54, 1.807) is 35.1 Å². The molecule has 0 saturated heterocycles. The van der Waals surface area contributed by atoms with Crippen LogP contribution in [0.4, 0.5) is 11.4 Å². The average Bonchev–Trinajstić information content (AvgIpc) is 3.07. The Hall–Kier alpha value is -3.39. The lowest BCUT2D eigenvalue weighted by Gasteiger charge is -2.10. The summed E-state index contributed by atoms with van der Waals surface area (Å²) in [5.41, 5.74) is 1.09. The summed E-state index contributed by atoms with van der Waals surface area (Å²) in [5.74, 6) is 0.414. The number of hydrogen-bond donors (Lipinski definition) is 1. The number of halogens is 1. The van der Waals surface area contributed by atoms with Crippen molar-refractivity contribution in [1.82, 2.24) is 9.78 Å². The number of benzene rings is 2. The fourth-order valence-electron chi connectivity index (χ4n) is 2.49. The normalized spacial score (nSPS) is 10.5. The first-order valence-corrected chi connectivity index (χ1v) is 8.79. The van der Waals surface area contributed by atoms with Crippen LogP contribution in [-0.2, 0) is 11.3 Å². The minimum absolute atomic E-state index is 0.178. The third-order valence-corrected chi connectivity index (χ3v) is 4.02. The van der Waals surface area contributed by atoms with Crippen molar-refractivity contribution in [2.45, 2.75) is 19.9 Å². The van der Waals surface area contributed by atoms with E-state index in [0.29, 0.717) is 17.3 Å². The number of nitrogens with zero attached hydrogens (tertiary/aromatic N) is 3. The van der Waals surface area contributed by atoms with Gasteiger partial charge in [0.2, 0.25) is 5.91 Å². The van der Waals surface area contributed by atoms with Crippen LogP contribution in [0.25, 0.3) is 0 Å². The minimum atomic E-state index is -0.545. The molecule has 0 spiro atoms. The number of carbonyl (C=O) groups is 1.